The molecule has 1 atom stereocenters. The highest BCUT2D eigenvalue weighted by Crippen LogP contribution is 2.24. The number of amides is 1. The third-order valence-electron chi connectivity index (χ3n) is 4.52. The van der Waals surface area contributed by atoms with Gasteiger partial charge in [-0.2, -0.15) is 0 Å². The predicted molar refractivity (Wildman–Crippen MR) is 94.8 cm³/mol. The van der Waals surface area contributed by atoms with Crippen LogP contribution in [-0.4, -0.2) is 43.1 Å². The minimum atomic E-state index is -0.783. The fourth-order valence-corrected chi connectivity index (χ4v) is 3.07. The van der Waals surface area contributed by atoms with Crippen molar-refractivity contribution >= 4 is 11.9 Å². The van der Waals surface area contributed by atoms with Crippen molar-refractivity contribution in [3.8, 4) is 0 Å². The summed E-state index contributed by atoms with van der Waals surface area (Å²) >= 11 is 0. The van der Waals surface area contributed by atoms with Crippen molar-refractivity contribution in [2.45, 2.75) is 31.2 Å². The number of rotatable bonds is 6. The van der Waals surface area contributed by atoms with Gasteiger partial charge in [0.2, 0.25) is 0 Å². The number of esters is 1. The first-order valence-corrected chi connectivity index (χ1v) is 8.76. The Hall–Kier alpha value is -2.67. The molecule has 0 aliphatic carbocycles. The summed E-state index contributed by atoms with van der Waals surface area (Å²) in [7, 11) is 1.30. The molecule has 1 unspecified atom stereocenters. The number of nitrogens with zero attached hydrogens (tertiary/aromatic N) is 1. The van der Waals surface area contributed by atoms with Crippen LogP contribution >= 0.6 is 0 Å². The number of nitrogens with one attached hydrogen (secondary N) is 2. The second-order valence-corrected chi connectivity index (χ2v) is 6.33. The number of carbonyl (C=O) groups is 2. The Bertz CT molecular complexity index is 738. The summed E-state index contributed by atoms with van der Waals surface area (Å²) in [4.78, 5) is 28.9. The molecule has 2 N–H and O–H groups in total. The Kier molecular flexibility index (Phi) is 6.01. The number of methoxy groups -OCH3 is 1. The number of benzene rings is 1. The molecule has 1 saturated heterocycles. The predicted octanol–water partition coefficient (Wildman–Crippen LogP) is 1.66. The van der Waals surface area contributed by atoms with Gasteiger partial charge in [0.25, 0.3) is 5.91 Å². The normalized spacial score (nSPS) is 16.0. The van der Waals surface area contributed by atoms with Gasteiger partial charge >= 0.3 is 5.97 Å². The molecule has 2 aromatic rings. The molecule has 7 heteroatoms. The minimum absolute atomic E-state index is 0.181. The third kappa shape index (κ3) is 4.49. The molecular weight excluding hydrogens is 334 g/mol. The Morgan fingerprint density at radius 1 is 1.31 bits per heavy atom. The summed E-state index contributed by atoms with van der Waals surface area (Å²) in [6.07, 6.45) is 3.56. The second-order valence-electron chi connectivity index (χ2n) is 6.33. The maximum Gasteiger partial charge on any atom is 0.328 e. The molecule has 26 heavy (non-hydrogen) atoms. The molecular formula is C19H23N3O4. The van der Waals surface area contributed by atoms with Crippen LogP contribution in [0, 0.1) is 0 Å². The van der Waals surface area contributed by atoms with E-state index in [-0.39, 0.29) is 11.6 Å². The largest absolute Gasteiger partial charge is 0.467 e. The molecule has 1 aliphatic rings. The van der Waals surface area contributed by atoms with Crippen LogP contribution in [0.1, 0.15) is 40.7 Å². The van der Waals surface area contributed by atoms with Crippen molar-refractivity contribution in [1.82, 2.24) is 15.6 Å². The molecule has 0 bridgehead atoms. The van der Waals surface area contributed by atoms with Crippen LogP contribution in [0.2, 0.25) is 0 Å². The van der Waals surface area contributed by atoms with Crippen LogP contribution in [0.25, 0.3) is 0 Å². The van der Waals surface area contributed by atoms with Crippen molar-refractivity contribution in [2.24, 2.45) is 0 Å². The fraction of sp³-hybridized carbons (Fsp3) is 0.421. The smallest absolute Gasteiger partial charge is 0.328 e. The monoisotopic (exact) mass is 357 g/mol. The van der Waals surface area contributed by atoms with Gasteiger partial charge in [-0.05, 0) is 31.5 Å². The van der Waals surface area contributed by atoms with Crippen LogP contribution in [0.4, 0.5) is 0 Å². The molecule has 0 radical (unpaired) electrons. The van der Waals surface area contributed by atoms with Crippen molar-refractivity contribution < 1.29 is 18.7 Å². The topological polar surface area (TPSA) is 93.5 Å². The summed E-state index contributed by atoms with van der Waals surface area (Å²) in [5.74, 6) is -0.141. The van der Waals surface area contributed by atoms with Gasteiger partial charge in [0, 0.05) is 12.3 Å². The molecule has 7 nitrogen and oxygen atoms in total. The van der Waals surface area contributed by atoms with E-state index in [0.717, 1.165) is 31.5 Å². The number of aromatic nitrogens is 1. The van der Waals surface area contributed by atoms with Gasteiger partial charge in [-0.15, -0.1) is 0 Å². The summed E-state index contributed by atoms with van der Waals surface area (Å²) < 4.78 is 10.3. The van der Waals surface area contributed by atoms with E-state index in [9.17, 15) is 9.59 Å². The zero-order valence-electron chi connectivity index (χ0n) is 14.7. The molecule has 1 aromatic heterocycles. The number of hydrogen-bond donors (Lipinski definition) is 2. The highest BCUT2D eigenvalue weighted by Gasteiger charge is 2.26. The van der Waals surface area contributed by atoms with Crippen LogP contribution in [0.5, 0.6) is 0 Å². The Labute approximate surface area is 152 Å². The Morgan fingerprint density at radius 2 is 2.04 bits per heavy atom. The van der Waals surface area contributed by atoms with Gasteiger partial charge < -0.3 is 19.8 Å². The van der Waals surface area contributed by atoms with E-state index in [0.29, 0.717) is 12.3 Å². The standard InChI is InChI=1S/C19H23N3O4/c1-25-19(24)15(11-13-5-3-2-4-6-13)21-17(23)16-12-26-18(22-16)14-7-9-20-10-8-14/h2-6,12,14-15,20H,7-11H2,1H3,(H,21,23). The maximum atomic E-state index is 12.5. The summed E-state index contributed by atoms with van der Waals surface area (Å²) in [5.41, 5.74) is 1.11. The van der Waals surface area contributed by atoms with Crippen LogP contribution in [-0.2, 0) is 16.0 Å². The second kappa shape index (κ2) is 8.62. The fourth-order valence-electron chi connectivity index (χ4n) is 3.07. The van der Waals surface area contributed by atoms with Crippen molar-refractivity contribution in [3.05, 3.63) is 53.7 Å². The average Bonchev–Trinajstić information content (AvgIpc) is 3.19. The van der Waals surface area contributed by atoms with E-state index >= 15 is 0 Å². The molecule has 0 saturated carbocycles. The summed E-state index contributed by atoms with van der Waals surface area (Å²) in [5, 5.41) is 5.98. The van der Waals surface area contributed by atoms with E-state index in [1.807, 2.05) is 30.3 Å². The highest BCUT2D eigenvalue weighted by atomic mass is 16.5. The number of oxazole rings is 1. The van der Waals surface area contributed by atoms with Gasteiger partial charge in [-0.25, -0.2) is 9.78 Å². The maximum absolute atomic E-state index is 12.5. The van der Waals surface area contributed by atoms with E-state index in [2.05, 4.69) is 15.6 Å². The first-order chi connectivity index (χ1) is 12.7. The van der Waals surface area contributed by atoms with E-state index in [1.165, 1.54) is 13.4 Å². The van der Waals surface area contributed by atoms with Crippen molar-refractivity contribution in [3.63, 3.8) is 0 Å². The average molecular weight is 357 g/mol. The first-order valence-electron chi connectivity index (χ1n) is 8.76. The van der Waals surface area contributed by atoms with Gasteiger partial charge in [0.05, 0.1) is 7.11 Å². The van der Waals surface area contributed by atoms with Crippen molar-refractivity contribution in [1.29, 1.82) is 0 Å². The zero-order valence-corrected chi connectivity index (χ0v) is 14.7. The first kappa shape index (κ1) is 18.1. The van der Waals surface area contributed by atoms with Crippen LogP contribution < -0.4 is 10.6 Å². The molecule has 138 valence electrons. The van der Waals surface area contributed by atoms with Gasteiger partial charge in [0.15, 0.2) is 11.6 Å². The third-order valence-corrected chi connectivity index (χ3v) is 4.52. The SMILES string of the molecule is COC(=O)C(Cc1ccccc1)NC(=O)c1coc(C2CCNCC2)n1. The lowest BCUT2D eigenvalue weighted by Gasteiger charge is -2.19. The lowest BCUT2D eigenvalue weighted by molar-refractivity contribution is -0.142. The lowest BCUT2D eigenvalue weighted by atomic mass is 9.98. The summed E-state index contributed by atoms with van der Waals surface area (Å²) in [6.45, 7) is 1.83. The van der Waals surface area contributed by atoms with Gasteiger partial charge in [0.1, 0.15) is 12.3 Å². The Balaban J connectivity index is 1.67. The van der Waals surface area contributed by atoms with Crippen LogP contribution in [0.15, 0.2) is 41.0 Å². The Morgan fingerprint density at radius 3 is 2.73 bits per heavy atom. The quantitative estimate of drug-likeness (QED) is 0.764. The zero-order chi connectivity index (χ0) is 18.4. The molecule has 2 heterocycles. The number of piperidine rings is 1. The van der Waals surface area contributed by atoms with E-state index < -0.39 is 17.9 Å². The number of ether oxygens (including phenoxy) is 1. The molecule has 1 aromatic carbocycles. The van der Waals surface area contributed by atoms with Crippen LogP contribution in [0.3, 0.4) is 0 Å². The lowest BCUT2D eigenvalue weighted by Crippen LogP contribution is -2.43. The number of carbonyl (C=O) groups excluding carboxylic acids is 2. The van der Waals surface area contributed by atoms with Gasteiger partial charge in [-0.3, -0.25) is 4.79 Å². The highest BCUT2D eigenvalue weighted by molar-refractivity contribution is 5.95. The minimum Gasteiger partial charge on any atom is -0.467 e. The molecule has 1 aliphatic heterocycles. The molecule has 1 amide bonds. The van der Waals surface area contributed by atoms with Crippen molar-refractivity contribution in [2.75, 3.05) is 20.2 Å². The van der Waals surface area contributed by atoms with E-state index in [4.69, 9.17) is 9.15 Å². The summed E-state index contributed by atoms with van der Waals surface area (Å²) in [6, 6.07) is 8.67. The molecule has 0 spiro atoms. The van der Waals surface area contributed by atoms with Gasteiger partial charge in [-0.1, -0.05) is 30.3 Å². The molecule has 1 fully saturated rings. The number of hydrogen-bond acceptors (Lipinski definition) is 6. The molecule has 3 rings (SSSR count). The van der Waals surface area contributed by atoms with E-state index in [1.54, 1.807) is 0 Å².